The quantitative estimate of drug-likeness (QED) is 0.485. The van der Waals surface area contributed by atoms with Gasteiger partial charge in [-0.1, -0.05) is 0 Å². The van der Waals surface area contributed by atoms with Gasteiger partial charge in [0, 0.05) is 17.0 Å². The van der Waals surface area contributed by atoms with Crippen LogP contribution in [0.4, 0.5) is 5.69 Å². The smallest absolute Gasteiger partial charge is 0.258 e. The molecule has 0 radical (unpaired) electrons. The van der Waals surface area contributed by atoms with Crippen LogP contribution in [0.2, 0.25) is 0 Å². The van der Waals surface area contributed by atoms with Crippen molar-refractivity contribution in [2.24, 2.45) is 5.92 Å². The summed E-state index contributed by atoms with van der Waals surface area (Å²) in [5.41, 5.74) is 1.71. The highest BCUT2D eigenvalue weighted by molar-refractivity contribution is 7.18. The van der Waals surface area contributed by atoms with Crippen LogP contribution >= 0.6 is 22.9 Å². The Balaban J connectivity index is 2.03. The van der Waals surface area contributed by atoms with Crippen molar-refractivity contribution < 1.29 is 4.92 Å². The fourth-order valence-electron chi connectivity index (χ4n) is 2.29. The van der Waals surface area contributed by atoms with E-state index in [1.54, 1.807) is 6.07 Å². The number of nitro groups is 1. The monoisotopic (exact) mass is 296 g/mol. The maximum atomic E-state index is 11.2. The van der Waals surface area contributed by atoms with Gasteiger partial charge in [0.1, 0.15) is 0 Å². The van der Waals surface area contributed by atoms with Gasteiger partial charge in [-0.15, -0.1) is 22.9 Å². The second kappa shape index (κ2) is 4.72. The first-order chi connectivity index (χ1) is 9.04. The molecule has 1 unspecified atom stereocenters. The van der Waals surface area contributed by atoms with Crippen molar-refractivity contribution in [2.75, 3.05) is 0 Å². The summed E-state index contributed by atoms with van der Waals surface area (Å²) in [5.74, 6) is 0.522. The van der Waals surface area contributed by atoms with E-state index >= 15 is 0 Å². The maximum absolute atomic E-state index is 11.2. The lowest BCUT2D eigenvalue weighted by Crippen LogP contribution is -2.07. The SMILES string of the molecule is Cc1nc2cc(CC(Cl)C3CC3)c([N+](=O)[O-])cc2s1. The molecule has 100 valence electrons. The molecular formula is C13H13ClN2O2S. The van der Waals surface area contributed by atoms with Gasteiger partial charge in [-0.3, -0.25) is 10.1 Å². The second-order valence-electron chi connectivity index (χ2n) is 5.00. The maximum Gasteiger partial charge on any atom is 0.274 e. The van der Waals surface area contributed by atoms with Gasteiger partial charge in [-0.2, -0.15) is 0 Å². The number of aryl methyl sites for hydroxylation is 1. The molecule has 1 fully saturated rings. The molecule has 0 saturated heterocycles. The minimum absolute atomic E-state index is 0.00381. The Morgan fingerprint density at radius 2 is 2.32 bits per heavy atom. The molecule has 1 aliphatic rings. The Bertz CT molecular complexity index is 651. The van der Waals surface area contributed by atoms with E-state index in [0.29, 0.717) is 17.9 Å². The molecule has 1 aliphatic carbocycles. The van der Waals surface area contributed by atoms with Crippen molar-refractivity contribution in [2.45, 2.75) is 31.6 Å². The Morgan fingerprint density at radius 3 is 2.95 bits per heavy atom. The summed E-state index contributed by atoms with van der Waals surface area (Å²) in [6.07, 6.45) is 2.83. The molecule has 19 heavy (non-hydrogen) atoms. The number of benzene rings is 1. The van der Waals surface area contributed by atoms with Crippen LogP contribution in [0.3, 0.4) is 0 Å². The standard InChI is InChI=1S/C13H13ClN2O2S/c1-7-15-11-5-9(4-10(14)8-2-3-8)12(16(17)18)6-13(11)19-7/h5-6,8,10H,2-4H2,1H3. The average Bonchev–Trinajstić information content (AvgIpc) is 3.11. The summed E-state index contributed by atoms with van der Waals surface area (Å²) in [7, 11) is 0. The van der Waals surface area contributed by atoms with Crippen molar-refractivity contribution in [1.29, 1.82) is 0 Å². The summed E-state index contributed by atoms with van der Waals surface area (Å²) < 4.78 is 0.866. The highest BCUT2D eigenvalue weighted by Gasteiger charge is 2.31. The van der Waals surface area contributed by atoms with Gasteiger partial charge < -0.3 is 0 Å². The van der Waals surface area contributed by atoms with Crippen LogP contribution in [0.5, 0.6) is 0 Å². The van der Waals surface area contributed by atoms with E-state index in [4.69, 9.17) is 11.6 Å². The largest absolute Gasteiger partial charge is 0.274 e. The lowest BCUT2D eigenvalue weighted by Gasteiger charge is -2.08. The molecular weight excluding hydrogens is 284 g/mol. The van der Waals surface area contributed by atoms with Crippen molar-refractivity contribution in [3.8, 4) is 0 Å². The number of nitro benzene ring substituents is 1. The molecule has 0 bridgehead atoms. The van der Waals surface area contributed by atoms with Gasteiger partial charge in [0.05, 0.1) is 20.1 Å². The molecule has 1 heterocycles. The molecule has 3 rings (SSSR count). The summed E-state index contributed by atoms with van der Waals surface area (Å²) in [5, 5.41) is 12.1. The van der Waals surface area contributed by atoms with Crippen molar-refractivity contribution in [3.63, 3.8) is 0 Å². The third-order valence-electron chi connectivity index (χ3n) is 3.44. The van der Waals surface area contributed by atoms with E-state index in [9.17, 15) is 10.1 Å². The Kier molecular flexibility index (Phi) is 3.19. The van der Waals surface area contributed by atoms with E-state index in [2.05, 4.69) is 4.98 Å². The van der Waals surface area contributed by atoms with E-state index in [1.807, 2.05) is 13.0 Å². The summed E-state index contributed by atoms with van der Waals surface area (Å²) in [4.78, 5) is 15.3. The molecule has 0 N–H and O–H groups in total. The fraction of sp³-hybridized carbons (Fsp3) is 0.462. The Hall–Kier alpha value is -1.20. The van der Waals surface area contributed by atoms with Gasteiger partial charge in [-0.25, -0.2) is 4.98 Å². The summed E-state index contributed by atoms with van der Waals surface area (Å²) >= 11 is 7.79. The van der Waals surface area contributed by atoms with Gasteiger partial charge in [0.15, 0.2) is 0 Å². The molecule has 4 nitrogen and oxygen atoms in total. The van der Waals surface area contributed by atoms with Crippen LogP contribution in [-0.4, -0.2) is 15.3 Å². The number of fused-ring (bicyclic) bond motifs is 1. The minimum Gasteiger partial charge on any atom is -0.258 e. The van der Waals surface area contributed by atoms with Crippen LogP contribution in [0.15, 0.2) is 12.1 Å². The van der Waals surface area contributed by atoms with Crippen LogP contribution in [0, 0.1) is 23.0 Å². The van der Waals surface area contributed by atoms with Crippen LogP contribution in [0.1, 0.15) is 23.4 Å². The molecule has 0 spiro atoms. The first-order valence-corrected chi connectivity index (χ1v) is 7.48. The molecule has 1 aromatic carbocycles. The van der Waals surface area contributed by atoms with Gasteiger partial charge in [0.2, 0.25) is 0 Å². The predicted molar refractivity (Wildman–Crippen MR) is 77.1 cm³/mol. The number of hydrogen-bond donors (Lipinski definition) is 0. The van der Waals surface area contributed by atoms with Crippen molar-refractivity contribution >= 4 is 38.8 Å². The van der Waals surface area contributed by atoms with E-state index < -0.39 is 0 Å². The number of rotatable bonds is 4. The van der Waals surface area contributed by atoms with Gasteiger partial charge >= 0.3 is 0 Å². The minimum atomic E-state index is -0.319. The Morgan fingerprint density at radius 1 is 1.58 bits per heavy atom. The highest BCUT2D eigenvalue weighted by atomic mass is 35.5. The van der Waals surface area contributed by atoms with Crippen molar-refractivity contribution in [3.05, 3.63) is 32.8 Å². The zero-order valence-electron chi connectivity index (χ0n) is 10.4. The average molecular weight is 297 g/mol. The van der Waals surface area contributed by atoms with E-state index in [-0.39, 0.29) is 16.0 Å². The molecule has 0 aliphatic heterocycles. The predicted octanol–water partition coefficient (Wildman–Crippen LogP) is 4.07. The topological polar surface area (TPSA) is 56.0 Å². The molecule has 1 atom stereocenters. The first-order valence-electron chi connectivity index (χ1n) is 6.23. The Labute approximate surface area is 119 Å². The van der Waals surface area contributed by atoms with E-state index in [0.717, 1.165) is 28.1 Å². The molecule has 1 saturated carbocycles. The van der Waals surface area contributed by atoms with Gasteiger partial charge in [0.25, 0.3) is 5.69 Å². The normalized spacial score (nSPS) is 16.7. The van der Waals surface area contributed by atoms with Crippen LogP contribution in [-0.2, 0) is 6.42 Å². The zero-order chi connectivity index (χ0) is 13.6. The second-order valence-corrected chi connectivity index (χ2v) is 6.79. The summed E-state index contributed by atoms with van der Waals surface area (Å²) in [6.45, 7) is 1.91. The number of hydrogen-bond acceptors (Lipinski definition) is 4. The van der Waals surface area contributed by atoms with Gasteiger partial charge in [-0.05, 0) is 38.2 Å². The number of thiazole rings is 1. The third-order valence-corrected chi connectivity index (χ3v) is 4.89. The zero-order valence-corrected chi connectivity index (χ0v) is 12.0. The molecule has 1 aromatic heterocycles. The fourth-order valence-corrected chi connectivity index (χ4v) is 3.55. The number of nitrogens with zero attached hydrogens (tertiary/aromatic N) is 2. The lowest BCUT2D eigenvalue weighted by atomic mass is 10.0. The highest BCUT2D eigenvalue weighted by Crippen LogP contribution is 2.39. The number of halogens is 1. The summed E-state index contributed by atoms with van der Waals surface area (Å²) in [6, 6.07) is 3.46. The third kappa shape index (κ3) is 2.58. The molecule has 2 aromatic rings. The lowest BCUT2D eigenvalue weighted by molar-refractivity contribution is -0.385. The van der Waals surface area contributed by atoms with Crippen molar-refractivity contribution in [1.82, 2.24) is 4.98 Å². The van der Waals surface area contributed by atoms with E-state index in [1.165, 1.54) is 11.3 Å². The first kappa shape index (κ1) is 12.8. The van der Waals surface area contributed by atoms with Crippen LogP contribution in [0.25, 0.3) is 10.2 Å². The number of aromatic nitrogens is 1. The number of alkyl halides is 1. The molecule has 0 amide bonds. The van der Waals surface area contributed by atoms with Crippen LogP contribution < -0.4 is 0 Å². The molecule has 6 heteroatoms.